The largest absolute Gasteiger partial charge is 0.478 e. The van der Waals surface area contributed by atoms with E-state index in [2.05, 4.69) is 45.9 Å². The van der Waals surface area contributed by atoms with E-state index < -0.39 is 50.9 Å². The maximum Gasteiger partial charge on any atom is 0.330 e. The van der Waals surface area contributed by atoms with E-state index in [-0.39, 0.29) is 17.0 Å². The summed E-state index contributed by atoms with van der Waals surface area (Å²) in [5.74, 6) is -1.15. The topological polar surface area (TPSA) is 116 Å². The molecule has 0 aromatic heterocycles. The van der Waals surface area contributed by atoms with Crippen LogP contribution in [0.1, 0.15) is 20.3 Å². The number of rotatable bonds is 11. The van der Waals surface area contributed by atoms with Crippen molar-refractivity contribution >= 4 is 32.1 Å². The van der Waals surface area contributed by atoms with E-state index in [0.717, 1.165) is 6.42 Å². The molecule has 0 aliphatic heterocycles. The quantitative estimate of drug-likeness (QED) is 0.219. The fourth-order valence-electron chi connectivity index (χ4n) is 2.13. The van der Waals surface area contributed by atoms with E-state index in [4.69, 9.17) is 19.1 Å². The molecule has 0 aromatic carbocycles. The van der Waals surface area contributed by atoms with Crippen molar-refractivity contribution in [1.82, 2.24) is 0 Å². The monoisotopic (exact) mass is 440 g/mol. The van der Waals surface area contributed by atoms with Gasteiger partial charge in [-0.25, -0.2) is 4.79 Å². The van der Waals surface area contributed by atoms with Crippen LogP contribution in [-0.4, -0.2) is 77.3 Å². The van der Waals surface area contributed by atoms with Crippen molar-refractivity contribution in [3.63, 3.8) is 0 Å². The summed E-state index contributed by atoms with van der Waals surface area (Å²) in [5.41, 5.74) is 0.153. The van der Waals surface area contributed by atoms with Gasteiger partial charge < -0.3 is 29.3 Å². The predicted molar refractivity (Wildman–Crippen MR) is 117 cm³/mol. The summed E-state index contributed by atoms with van der Waals surface area (Å²) in [7, 11) is -4.38. The Morgan fingerprint density at radius 3 is 1.67 bits per heavy atom. The van der Waals surface area contributed by atoms with Crippen LogP contribution in [0.5, 0.6) is 0 Å². The summed E-state index contributed by atoms with van der Waals surface area (Å²) in [6.45, 7) is 18.9. The van der Waals surface area contributed by atoms with Gasteiger partial charge >= 0.3 is 5.97 Å². The number of aliphatic carboxylic acids is 1. The fourth-order valence-corrected chi connectivity index (χ4v) is 9.09. The second kappa shape index (κ2) is 13.0. The third-order valence-electron chi connectivity index (χ3n) is 3.42. The molecule has 27 heavy (non-hydrogen) atoms. The van der Waals surface area contributed by atoms with Crippen molar-refractivity contribution in [2.45, 2.75) is 83.2 Å². The molecule has 0 bridgehead atoms. The van der Waals surface area contributed by atoms with Gasteiger partial charge in [0.05, 0.1) is 22.2 Å². The maximum absolute atomic E-state index is 10.2. The zero-order valence-corrected chi connectivity index (χ0v) is 21.6. The summed E-state index contributed by atoms with van der Waals surface area (Å²) in [6.07, 6.45) is -1.23. The first-order chi connectivity index (χ1) is 12.0. The number of aliphatic hydroxyl groups excluding tert-OH is 3. The molecule has 0 aliphatic rings. The number of hydrogen-bond acceptors (Lipinski definition) is 6. The van der Waals surface area contributed by atoms with Crippen molar-refractivity contribution in [3.8, 4) is 0 Å². The molecule has 7 nitrogen and oxygen atoms in total. The van der Waals surface area contributed by atoms with Gasteiger partial charge in [-0.3, -0.25) is 0 Å². The third kappa shape index (κ3) is 16.3. The van der Waals surface area contributed by atoms with Gasteiger partial charge in [0.1, 0.15) is 12.0 Å². The molecule has 0 fully saturated rings. The van der Waals surface area contributed by atoms with Gasteiger partial charge in [0.15, 0.2) is 16.6 Å². The van der Waals surface area contributed by atoms with Gasteiger partial charge in [0.25, 0.3) is 0 Å². The zero-order valence-electron chi connectivity index (χ0n) is 18.2. The average molecular weight is 441 g/mol. The van der Waals surface area contributed by atoms with Crippen LogP contribution in [0, 0.1) is 0 Å². The molecule has 0 radical (unpaired) electrons. The average Bonchev–Trinajstić information content (AvgIpc) is 2.48. The van der Waals surface area contributed by atoms with Gasteiger partial charge in [0, 0.05) is 5.57 Å². The maximum atomic E-state index is 10.2. The minimum absolute atomic E-state index is 0.0233. The van der Waals surface area contributed by atoms with Crippen LogP contribution >= 0.6 is 0 Å². The number of carboxylic acids is 1. The van der Waals surface area contributed by atoms with Gasteiger partial charge in [0.2, 0.25) is 0 Å². The van der Waals surface area contributed by atoms with Crippen molar-refractivity contribution in [1.29, 1.82) is 0 Å². The van der Waals surface area contributed by atoms with Crippen LogP contribution in [0.2, 0.25) is 44.8 Å². The highest BCUT2D eigenvalue weighted by molar-refractivity contribution is 6.71. The van der Waals surface area contributed by atoms with Crippen LogP contribution in [0.15, 0.2) is 12.2 Å². The summed E-state index contributed by atoms with van der Waals surface area (Å²) in [6, 6.07) is 0. The molecule has 162 valence electrons. The summed E-state index contributed by atoms with van der Waals surface area (Å²) < 4.78 is 12.3. The SMILES string of the molecule is C=C(C)C(=O)O.CCC([SiH2]C(O[Si](C)(C)C)O[Si](C)(C)C)C(O)C(O)CO. The first-order valence-electron chi connectivity index (χ1n) is 9.25. The number of carboxylic acid groups (broad SMARTS) is 1. The minimum atomic E-state index is -1.73. The Labute approximate surface area is 168 Å². The number of carbonyl (C=O) groups is 1. The molecule has 0 heterocycles. The smallest absolute Gasteiger partial charge is 0.330 e. The van der Waals surface area contributed by atoms with E-state index in [1.54, 1.807) is 0 Å². The zero-order chi connectivity index (χ0) is 22.0. The Morgan fingerprint density at radius 1 is 1.07 bits per heavy atom. The van der Waals surface area contributed by atoms with Crippen LogP contribution in [0.25, 0.3) is 0 Å². The molecule has 10 heteroatoms. The molecule has 3 atom stereocenters. The standard InChI is InChI=1S/C13H34O5Si3.C4H6O2/c1-8-11(12(16)10(15)9-14)19-13(17-20(2,3)4)18-21(5,6)7;1-3(2)4(5)6/h10-16H,8-9,19H2,1-7H3;1H2,2H3,(H,5,6). The summed E-state index contributed by atoms with van der Waals surface area (Å²) in [4.78, 5) is 9.60. The highest BCUT2D eigenvalue weighted by Crippen LogP contribution is 2.23. The molecule has 0 amide bonds. The van der Waals surface area contributed by atoms with Gasteiger partial charge in [-0.05, 0) is 51.7 Å². The second-order valence-corrected chi connectivity index (χ2v) is 19.7. The molecule has 0 spiro atoms. The lowest BCUT2D eigenvalue weighted by Crippen LogP contribution is -2.46. The van der Waals surface area contributed by atoms with E-state index in [0.29, 0.717) is 0 Å². The minimum Gasteiger partial charge on any atom is -0.478 e. The van der Waals surface area contributed by atoms with E-state index in [1.165, 1.54) is 6.92 Å². The molecular weight excluding hydrogens is 400 g/mol. The summed E-state index contributed by atoms with van der Waals surface area (Å²) in [5, 5.41) is 36.7. The Balaban J connectivity index is 0. The van der Waals surface area contributed by atoms with Gasteiger partial charge in [-0.2, -0.15) is 0 Å². The van der Waals surface area contributed by atoms with Crippen molar-refractivity contribution in [2.75, 3.05) is 6.61 Å². The van der Waals surface area contributed by atoms with E-state index in [9.17, 15) is 15.0 Å². The van der Waals surface area contributed by atoms with Gasteiger partial charge in [-0.15, -0.1) is 0 Å². The Hall–Kier alpha value is -0.339. The lowest BCUT2D eigenvalue weighted by Gasteiger charge is -2.35. The number of aliphatic hydroxyl groups is 3. The number of hydrogen-bond donors (Lipinski definition) is 4. The molecule has 0 aromatic rings. The molecule has 3 unspecified atom stereocenters. The second-order valence-electron chi connectivity index (χ2n) is 8.62. The van der Waals surface area contributed by atoms with Crippen molar-refractivity contribution in [2.24, 2.45) is 0 Å². The molecule has 0 aliphatic carbocycles. The highest BCUT2D eigenvalue weighted by Gasteiger charge is 2.33. The van der Waals surface area contributed by atoms with E-state index >= 15 is 0 Å². The fraction of sp³-hybridized carbons (Fsp3) is 0.824. The van der Waals surface area contributed by atoms with E-state index in [1.807, 2.05) is 6.92 Å². The van der Waals surface area contributed by atoms with Crippen molar-refractivity contribution in [3.05, 3.63) is 12.2 Å². The van der Waals surface area contributed by atoms with Crippen molar-refractivity contribution < 1.29 is 34.1 Å². The Kier molecular flexibility index (Phi) is 13.9. The van der Waals surface area contributed by atoms with Crippen LogP contribution < -0.4 is 0 Å². The lowest BCUT2D eigenvalue weighted by molar-refractivity contribution is -0.132. The first-order valence-corrected chi connectivity index (χ1v) is 17.7. The molecule has 0 saturated heterocycles. The molecule has 4 N–H and O–H groups in total. The third-order valence-corrected chi connectivity index (χ3v) is 8.41. The summed E-state index contributed by atoms with van der Waals surface area (Å²) >= 11 is 0. The normalized spacial score (nSPS) is 16.0. The molecule has 0 rings (SSSR count). The highest BCUT2D eigenvalue weighted by atomic mass is 28.4. The first kappa shape index (κ1) is 28.9. The van der Waals surface area contributed by atoms with Crippen LogP contribution in [0.4, 0.5) is 0 Å². The Bertz CT molecular complexity index is 419. The molecular formula is C17H40O7Si3. The molecule has 0 saturated carbocycles. The van der Waals surface area contributed by atoms with Crippen LogP contribution in [-0.2, 0) is 13.6 Å². The Morgan fingerprint density at radius 2 is 1.44 bits per heavy atom. The predicted octanol–water partition coefficient (Wildman–Crippen LogP) is 1.70. The van der Waals surface area contributed by atoms with Gasteiger partial charge in [-0.1, -0.05) is 19.9 Å². The lowest BCUT2D eigenvalue weighted by atomic mass is 10.1. The van der Waals surface area contributed by atoms with Crippen LogP contribution in [0.3, 0.4) is 0 Å².